The summed E-state index contributed by atoms with van der Waals surface area (Å²) in [6, 6.07) is 5.43. The first-order chi connectivity index (χ1) is 9.13. The number of aryl methyl sites for hydroxylation is 2. The highest BCUT2D eigenvalue weighted by atomic mass is 16.5. The Kier molecular flexibility index (Phi) is 3.07. The summed E-state index contributed by atoms with van der Waals surface area (Å²) in [5, 5.41) is 9.20. The molecule has 1 heterocycles. The van der Waals surface area contributed by atoms with E-state index in [1.165, 1.54) is 24.0 Å². The van der Waals surface area contributed by atoms with Gasteiger partial charge in [0.2, 0.25) is 0 Å². The maximum Gasteiger partial charge on any atom is 0.321 e. The Balaban J connectivity index is 1.98. The molecule has 4 heteroatoms. The van der Waals surface area contributed by atoms with Crippen molar-refractivity contribution in [2.75, 3.05) is 13.2 Å². The second kappa shape index (κ2) is 4.62. The Bertz CT molecular complexity index is 508. The van der Waals surface area contributed by atoms with Crippen LogP contribution in [0, 0.1) is 0 Å². The molecule has 19 heavy (non-hydrogen) atoms. The summed E-state index contributed by atoms with van der Waals surface area (Å²) in [5.41, 5.74) is 9.12. The predicted octanol–water partition coefficient (Wildman–Crippen LogP) is 1.25. The smallest absolute Gasteiger partial charge is 0.321 e. The number of hydrogen-bond acceptors (Lipinski definition) is 3. The van der Waals surface area contributed by atoms with Crippen molar-refractivity contribution in [1.82, 2.24) is 0 Å². The molecule has 2 aliphatic rings. The van der Waals surface area contributed by atoms with Crippen LogP contribution in [-0.2, 0) is 27.8 Å². The van der Waals surface area contributed by atoms with E-state index in [0.29, 0.717) is 13.2 Å². The highest BCUT2D eigenvalue weighted by Crippen LogP contribution is 2.37. The van der Waals surface area contributed by atoms with Gasteiger partial charge < -0.3 is 15.6 Å². The van der Waals surface area contributed by atoms with Gasteiger partial charge in [-0.3, -0.25) is 4.79 Å². The van der Waals surface area contributed by atoms with Crippen LogP contribution >= 0.6 is 0 Å². The minimum Gasteiger partial charge on any atom is -0.480 e. The lowest BCUT2D eigenvalue weighted by atomic mass is 9.71. The van der Waals surface area contributed by atoms with Gasteiger partial charge >= 0.3 is 5.97 Å². The number of aliphatic carboxylic acids is 1. The van der Waals surface area contributed by atoms with Crippen LogP contribution in [0.5, 0.6) is 0 Å². The molecule has 0 saturated carbocycles. The summed E-state index contributed by atoms with van der Waals surface area (Å²) in [6.45, 7) is 0.804. The van der Waals surface area contributed by atoms with Crippen LogP contribution in [0.2, 0.25) is 0 Å². The van der Waals surface area contributed by atoms with E-state index in [9.17, 15) is 9.90 Å². The lowest BCUT2D eigenvalue weighted by Crippen LogP contribution is -2.61. The summed E-state index contributed by atoms with van der Waals surface area (Å²) < 4.78 is 5.26. The molecule has 1 aromatic carbocycles. The fourth-order valence-electron chi connectivity index (χ4n) is 3.13. The average molecular weight is 261 g/mol. The van der Waals surface area contributed by atoms with E-state index in [2.05, 4.69) is 12.1 Å². The van der Waals surface area contributed by atoms with Crippen molar-refractivity contribution in [2.45, 2.75) is 37.1 Å². The topological polar surface area (TPSA) is 72.6 Å². The SMILES string of the molecule is NC(C(=O)O)C1(c2ccc3c(c2)CCCC3)COC1. The first-order valence-corrected chi connectivity index (χ1v) is 6.82. The molecule has 102 valence electrons. The third-order valence-corrected chi connectivity index (χ3v) is 4.50. The third kappa shape index (κ3) is 1.95. The predicted molar refractivity (Wildman–Crippen MR) is 71.2 cm³/mol. The maximum absolute atomic E-state index is 11.2. The average Bonchev–Trinajstić information content (AvgIpc) is 2.37. The van der Waals surface area contributed by atoms with Crippen molar-refractivity contribution in [3.05, 3.63) is 34.9 Å². The number of ether oxygens (including phenoxy) is 1. The van der Waals surface area contributed by atoms with E-state index in [-0.39, 0.29) is 0 Å². The summed E-state index contributed by atoms with van der Waals surface area (Å²) in [4.78, 5) is 11.2. The van der Waals surface area contributed by atoms with Gasteiger partial charge in [0, 0.05) is 0 Å². The number of fused-ring (bicyclic) bond motifs is 1. The second-order valence-electron chi connectivity index (χ2n) is 5.66. The van der Waals surface area contributed by atoms with Gasteiger partial charge in [0.25, 0.3) is 0 Å². The van der Waals surface area contributed by atoms with Gasteiger partial charge in [-0.1, -0.05) is 18.2 Å². The normalized spacial score (nSPS) is 22.2. The largest absolute Gasteiger partial charge is 0.480 e. The van der Waals surface area contributed by atoms with Gasteiger partial charge in [-0.25, -0.2) is 0 Å². The van der Waals surface area contributed by atoms with E-state index >= 15 is 0 Å². The molecule has 1 fully saturated rings. The van der Waals surface area contributed by atoms with Crippen LogP contribution in [-0.4, -0.2) is 30.3 Å². The minimum absolute atomic E-state index is 0.402. The number of carboxylic acids is 1. The first-order valence-electron chi connectivity index (χ1n) is 6.82. The third-order valence-electron chi connectivity index (χ3n) is 4.50. The maximum atomic E-state index is 11.2. The van der Waals surface area contributed by atoms with Crippen molar-refractivity contribution in [1.29, 1.82) is 0 Å². The fraction of sp³-hybridized carbons (Fsp3) is 0.533. The van der Waals surface area contributed by atoms with Crippen LogP contribution in [0.25, 0.3) is 0 Å². The first kappa shape index (κ1) is 12.6. The number of rotatable bonds is 3. The molecule has 1 saturated heterocycles. The second-order valence-corrected chi connectivity index (χ2v) is 5.66. The van der Waals surface area contributed by atoms with Gasteiger partial charge in [0.1, 0.15) is 6.04 Å². The highest BCUT2D eigenvalue weighted by Gasteiger charge is 2.49. The van der Waals surface area contributed by atoms with Crippen LogP contribution in [0.3, 0.4) is 0 Å². The Morgan fingerprint density at radius 1 is 1.26 bits per heavy atom. The van der Waals surface area contributed by atoms with Crippen molar-refractivity contribution in [3.8, 4) is 0 Å². The van der Waals surface area contributed by atoms with Gasteiger partial charge in [0.05, 0.1) is 18.6 Å². The molecule has 1 atom stereocenters. The number of carboxylic acid groups (broad SMARTS) is 1. The Hall–Kier alpha value is -1.39. The molecule has 4 nitrogen and oxygen atoms in total. The van der Waals surface area contributed by atoms with E-state index in [4.69, 9.17) is 10.5 Å². The summed E-state index contributed by atoms with van der Waals surface area (Å²) in [6.07, 6.45) is 4.67. The van der Waals surface area contributed by atoms with Crippen molar-refractivity contribution < 1.29 is 14.6 Å². The van der Waals surface area contributed by atoms with E-state index in [0.717, 1.165) is 18.4 Å². The zero-order valence-electron chi connectivity index (χ0n) is 10.9. The van der Waals surface area contributed by atoms with Gasteiger partial charge in [-0.05, 0) is 42.4 Å². The molecular weight excluding hydrogens is 242 g/mol. The number of benzene rings is 1. The lowest BCUT2D eigenvalue weighted by Gasteiger charge is -2.44. The van der Waals surface area contributed by atoms with Crippen LogP contribution in [0.4, 0.5) is 0 Å². The number of carbonyl (C=O) groups is 1. The Labute approximate surface area is 112 Å². The van der Waals surface area contributed by atoms with E-state index in [1.54, 1.807) is 0 Å². The molecule has 1 aromatic rings. The number of hydrogen-bond donors (Lipinski definition) is 2. The molecule has 3 rings (SSSR count). The number of nitrogens with two attached hydrogens (primary N) is 1. The van der Waals surface area contributed by atoms with E-state index in [1.807, 2.05) is 6.07 Å². The van der Waals surface area contributed by atoms with Crippen molar-refractivity contribution >= 4 is 5.97 Å². The quantitative estimate of drug-likeness (QED) is 0.858. The van der Waals surface area contributed by atoms with Gasteiger partial charge in [-0.15, -0.1) is 0 Å². The molecule has 0 radical (unpaired) electrons. The van der Waals surface area contributed by atoms with Crippen molar-refractivity contribution in [2.24, 2.45) is 5.73 Å². The molecule has 0 spiro atoms. The van der Waals surface area contributed by atoms with Crippen LogP contribution in [0.1, 0.15) is 29.5 Å². The van der Waals surface area contributed by atoms with Crippen LogP contribution < -0.4 is 5.73 Å². The molecule has 1 aliphatic carbocycles. The molecule has 0 aromatic heterocycles. The molecule has 3 N–H and O–H groups in total. The van der Waals surface area contributed by atoms with E-state index < -0.39 is 17.4 Å². The van der Waals surface area contributed by atoms with Crippen LogP contribution in [0.15, 0.2) is 18.2 Å². The Morgan fingerprint density at radius 3 is 2.53 bits per heavy atom. The highest BCUT2D eigenvalue weighted by molar-refractivity contribution is 5.76. The Morgan fingerprint density at radius 2 is 1.95 bits per heavy atom. The summed E-state index contributed by atoms with van der Waals surface area (Å²) >= 11 is 0. The standard InChI is InChI=1S/C15H19NO3/c16-13(14(17)18)15(8-19-9-15)12-6-5-10-3-1-2-4-11(10)7-12/h5-7,13H,1-4,8-9,16H2,(H,17,18). The zero-order valence-corrected chi connectivity index (χ0v) is 10.9. The summed E-state index contributed by atoms with van der Waals surface area (Å²) in [5.74, 6) is -0.957. The van der Waals surface area contributed by atoms with Crippen molar-refractivity contribution in [3.63, 3.8) is 0 Å². The monoisotopic (exact) mass is 261 g/mol. The molecular formula is C15H19NO3. The van der Waals surface area contributed by atoms with Gasteiger partial charge in [-0.2, -0.15) is 0 Å². The molecule has 1 unspecified atom stereocenters. The zero-order chi connectivity index (χ0) is 13.5. The molecule has 1 aliphatic heterocycles. The lowest BCUT2D eigenvalue weighted by molar-refractivity contribution is -0.148. The summed E-state index contributed by atoms with van der Waals surface area (Å²) in [7, 11) is 0. The molecule has 0 bridgehead atoms. The fourth-order valence-corrected chi connectivity index (χ4v) is 3.13. The molecule has 0 amide bonds. The minimum atomic E-state index is -0.957. The van der Waals surface area contributed by atoms with Gasteiger partial charge in [0.15, 0.2) is 0 Å².